The molecule has 1 unspecified atom stereocenters. The number of benzene rings is 1. The molecule has 0 aliphatic carbocycles. The van der Waals surface area contributed by atoms with Crippen molar-refractivity contribution < 1.29 is 13.2 Å². The van der Waals surface area contributed by atoms with Crippen LogP contribution in [0.25, 0.3) is 11.3 Å². The highest BCUT2D eigenvalue weighted by Crippen LogP contribution is 2.32. The van der Waals surface area contributed by atoms with Crippen molar-refractivity contribution in [1.82, 2.24) is 18.6 Å². The summed E-state index contributed by atoms with van der Waals surface area (Å²) >= 11 is 0. The molecule has 1 aromatic carbocycles. The number of anilines is 1. The highest BCUT2D eigenvalue weighted by Gasteiger charge is 2.37. The standard InChI is InChI=1S/C21H29N5O3S/c1-24(2)21-22-19(16-6-8-18(29-3)9-7-16)14-20(23-21)17-10-13-26(15-17)30(27,28)25-11-4-5-12-25/h6-9,14,17H,4-5,10-13,15H2,1-3H3. The SMILES string of the molecule is COc1ccc(-c2cc(C3CCN(S(=O)(=O)N4CCCC4)C3)nc(N(C)C)n2)cc1. The zero-order valence-electron chi connectivity index (χ0n) is 17.8. The van der Waals surface area contributed by atoms with Crippen LogP contribution in [0.1, 0.15) is 30.9 Å². The summed E-state index contributed by atoms with van der Waals surface area (Å²) < 4.78 is 34.4. The maximum Gasteiger partial charge on any atom is 0.281 e. The van der Waals surface area contributed by atoms with E-state index in [-0.39, 0.29) is 5.92 Å². The summed E-state index contributed by atoms with van der Waals surface area (Å²) in [5, 5.41) is 0. The fourth-order valence-electron chi connectivity index (χ4n) is 4.03. The minimum Gasteiger partial charge on any atom is -0.497 e. The molecule has 2 aromatic rings. The fraction of sp³-hybridized carbons (Fsp3) is 0.524. The van der Waals surface area contributed by atoms with Crippen molar-refractivity contribution in [2.45, 2.75) is 25.2 Å². The average Bonchev–Trinajstić information content (AvgIpc) is 3.46. The first-order chi connectivity index (χ1) is 14.4. The zero-order valence-corrected chi connectivity index (χ0v) is 18.6. The summed E-state index contributed by atoms with van der Waals surface area (Å²) in [6.07, 6.45) is 2.65. The average molecular weight is 432 g/mol. The first-order valence-electron chi connectivity index (χ1n) is 10.3. The van der Waals surface area contributed by atoms with Crippen molar-refractivity contribution in [3.05, 3.63) is 36.0 Å². The van der Waals surface area contributed by atoms with Gasteiger partial charge in [0.25, 0.3) is 10.2 Å². The Bertz CT molecular complexity index is 988. The van der Waals surface area contributed by atoms with Gasteiger partial charge in [-0.15, -0.1) is 0 Å². The number of hydrogen-bond donors (Lipinski definition) is 0. The van der Waals surface area contributed by atoms with Gasteiger partial charge >= 0.3 is 0 Å². The molecule has 0 saturated carbocycles. The predicted molar refractivity (Wildman–Crippen MR) is 117 cm³/mol. The van der Waals surface area contributed by atoms with E-state index in [1.54, 1.807) is 15.7 Å². The summed E-state index contributed by atoms with van der Waals surface area (Å²) in [6.45, 7) is 2.25. The first kappa shape index (κ1) is 21.0. The molecule has 1 aromatic heterocycles. The Balaban J connectivity index is 1.61. The van der Waals surface area contributed by atoms with Crippen LogP contribution in [0.4, 0.5) is 5.95 Å². The quantitative estimate of drug-likeness (QED) is 0.699. The smallest absolute Gasteiger partial charge is 0.281 e. The minimum atomic E-state index is -3.38. The van der Waals surface area contributed by atoms with E-state index in [4.69, 9.17) is 14.7 Å². The lowest BCUT2D eigenvalue weighted by Crippen LogP contribution is -2.41. The van der Waals surface area contributed by atoms with Crippen LogP contribution in [0, 0.1) is 0 Å². The van der Waals surface area contributed by atoms with Crippen molar-refractivity contribution in [2.75, 3.05) is 52.3 Å². The summed E-state index contributed by atoms with van der Waals surface area (Å²) in [5.74, 6) is 1.47. The maximum atomic E-state index is 12.9. The third-order valence-electron chi connectivity index (χ3n) is 5.81. The van der Waals surface area contributed by atoms with Gasteiger partial charge in [-0.1, -0.05) is 0 Å². The molecule has 30 heavy (non-hydrogen) atoms. The van der Waals surface area contributed by atoms with Crippen molar-refractivity contribution >= 4 is 16.2 Å². The van der Waals surface area contributed by atoms with Crippen molar-refractivity contribution in [1.29, 1.82) is 0 Å². The second-order valence-corrected chi connectivity index (χ2v) is 9.99. The van der Waals surface area contributed by atoms with Crippen LogP contribution < -0.4 is 9.64 Å². The van der Waals surface area contributed by atoms with Crippen molar-refractivity contribution in [3.8, 4) is 17.0 Å². The van der Waals surface area contributed by atoms with Gasteiger partial charge in [0, 0.05) is 51.8 Å². The van der Waals surface area contributed by atoms with Gasteiger partial charge in [-0.25, -0.2) is 9.97 Å². The molecule has 0 amide bonds. The van der Waals surface area contributed by atoms with Gasteiger partial charge in [-0.05, 0) is 49.6 Å². The number of methoxy groups -OCH3 is 1. The Kier molecular flexibility index (Phi) is 5.95. The van der Waals surface area contributed by atoms with Gasteiger partial charge in [0.05, 0.1) is 18.5 Å². The third kappa shape index (κ3) is 4.14. The molecule has 9 heteroatoms. The Hall–Kier alpha value is -2.23. The molecule has 1 atom stereocenters. The number of aromatic nitrogens is 2. The van der Waals surface area contributed by atoms with Crippen molar-refractivity contribution in [3.63, 3.8) is 0 Å². The Morgan fingerprint density at radius 3 is 2.37 bits per heavy atom. The fourth-order valence-corrected chi connectivity index (χ4v) is 5.78. The molecule has 162 valence electrons. The minimum absolute atomic E-state index is 0.0566. The van der Waals surface area contributed by atoms with Crippen LogP contribution >= 0.6 is 0 Å². The molecule has 0 bridgehead atoms. The number of nitrogens with zero attached hydrogens (tertiary/aromatic N) is 5. The van der Waals surface area contributed by atoms with Gasteiger partial charge in [-0.3, -0.25) is 0 Å². The molecule has 4 rings (SSSR count). The Labute approximate surface area is 178 Å². The van der Waals surface area contributed by atoms with Crippen LogP contribution in [-0.4, -0.2) is 74.4 Å². The lowest BCUT2D eigenvalue weighted by molar-refractivity contribution is 0.395. The number of hydrogen-bond acceptors (Lipinski definition) is 6. The zero-order chi connectivity index (χ0) is 21.3. The van der Waals surface area contributed by atoms with Gasteiger partial charge in [0.1, 0.15) is 5.75 Å². The van der Waals surface area contributed by atoms with E-state index in [9.17, 15) is 8.42 Å². The molecule has 2 fully saturated rings. The molecule has 2 aliphatic heterocycles. The molecule has 0 radical (unpaired) electrons. The largest absolute Gasteiger partial charge is 0.497 e. The normalized spacial score (nSPS) is 20.6. The van der Waals surface area contributed by atoms with E-state index < -0.39 is 10.2 Å². The van der Waals surface area contributed by atoms with Gasteiger partial charge in [0.15, 0.2) is 0 Å². The Morgan fingerprint density at radius 2 is 1.73 bits per heavy atom. The molecule has 8 nitrogen and oxygen atoms in total. The summed E-state index contributed by atoms with van der Waals surface area (Å²) in [5.41, 5.74) is 2.69. The van der Waals surface area contributed by atoms with Crippen LogP contribution in [0.5, 0.6) is 5.75 Å². The second kappa shape index (κ2) is 8.49. The van der Waals surface area contributed by atoms with Crippen LogP contribution in [0.15, 0.2) is 30.3 Å². The van der Waals surface area contributed by atoms with E-state index in [0.717, 1.165) is 42.0 Å². The van der Waals surface area contributed by atoms with Gasteiger partial charge in [0.2, 0.25) is 5.95 Å². The number of ether oxygens (including phenoxy) is 1. The maximum absolute atomic E-state index is 12.9. The highest BCUT2D eigenvalue weighted by molar-refractivity contribution is 7.86. The van der Waals surface area contributed by atoms with E-state index in [1.165, 1.54) is 0 Å². The topological polar surface area (TPSA) is 78.9 Å². The summed E-state index contributed by atoms with van der Waals surface area (Å²) in [6, 6.07) is 9.76. The molecule has 2 saturated heterocycles. The van der Waals surface area contributed by atoms with E-state index in [1.807, 2.05) is 49.3 Å². The van der Waals surface area contributed by atoms with E-state index in [2.05, 4.69) is 0 Å². The first-order valence-corrected chi connectivity index (χ1v) is 11.7. The molecule has 0 spiro atoms. The predicted octanol–water partition coefficient (Wildman–Crippen LogP) is 2.35. The highest BCUT2D eigenvalue weighted by atomic mass is 32.2. The molecule has 3 heterocycles. The molecule has 0 N–H and O–H groups in total. The van der Waals surface area contributed by atoms with Crippen LogP contribution in [-0.2, 0) is 10.2 Å². The second-order valence-electron chi connectivity index (χ2n) is 8.06. The molecular weight excluding hydrogens is 402 g/mol. The Morgan fingerprint density at radius 1 is 1.03 bits per heavy atom. The summed E-state index contributed by atoms with van der Waals surface area (Å²) in [7, 11) is 2.09. The summed E-state index contributed by atoms with van der Waals surface area (Å²) in [4.78, 5) is 11.3. The third-order valence-corrected chi connectivity index (χ3v) is 7.81. The van der Waals surface area contributed by atoms with E-state index in [0.29, 0.717) is 32.1 Å². The van der Waals surface area contributed by atoms with Crippen LogP contribution in [0.3, 0.4) is 0 Å². The lowest BCUT2D eigenvalue weighted by Gasteiger charge is -2.23. The van der Waals surface area contributed by atoms with Gasteiger partial charge < -0.3 is 9.64 Å². The van der Waals surface area contributed by atoms with E-state index >= 15 is 0 Å². The molecular formula is C21H29N5O3S. The van der Waals surface area contributed by atoms with Crippen LogP contribution in [0.2, 0.25) is 0 Å². The lowest BCUT2D eigenvalue weighted by atomic mass is 10.0. The van der Waals surface area contributed by atoms with Crippen molar-refractivity contribution in [2.24, 2.45) is 0 Å². The van der Waals surface area contributed by atoms with Gasteiger partial charge in [-0.2, -0.15) is 17.0 Å². The number of rotatable bonds is 6. The molecule has 2 aliphatic rings. The monoisotopic (exact) mass is 431 g/mol.